The second-order valence-corrected chi connectivity index (χ2v) is 6.51. The van der Waals surface area contributed by atoms with Crippen LogP contribution < -0.4 is 5.32 Å². The van der Waals surface area contributed by atoms with E-state index < -0.39 is 30.7 Å². The number of urea groups is 1. The minimum Gasteiger partial charge on any atom is -0.380 e. The molecule has 0 radical (unpaired) electrons. The summed E-state index contributed by atoms with van der Waals surface area (Å²) < 4.78 is 40.5. The maximum atomic E-state index is 12.9. The summed E-state index contributed by atoms with van der Waals surface area (Å²) in [5.41, 5.74) is -1.85. The van der Waals surface area contributed by atoms with E-state index in [-0.39, 0.29) is 25.6 Å². The largest absolute Gasteiger partial charge is 0.417 e. The predicted molar refractivity (Wildman–Crippen MR) is 82.8 cm³/mol. The molecule has 1 atom stereocenters. The maximum Gasteiger partial charge on any atom is 0.417 e. The molecule has 1 aromatic rings. The van der Waals surface area contributed by atoms with Gasteiger partial charge in [0.2, 0.25) is 0 Å². The molecule has 2 N–H and O–H groups in total. The highest BCUT2D eigenvalue weighted by Crippen LogP contribution is 2.38. The highest BCUT2D eigenvalue weighted by Gasteiger charge is 2.53. The number of carbonyl (C=O) groups excluding carboxylic acids is 1. The summed E-state index contributed by atoms with van der Waals surface area (Å²) in [7, 11) is 0. The Hall–Kier alpha value is -1.77. The Morgan fingerprint density at radius 3 is 2.58 bits per heavy atom. The predicted octanol–water partition coefficient (Wildman–Crippen LogP) is 3.08. The fraction of sp³-hybridized carbons (Fsp3) is 0.733. The molecule has 0 bridgehead atoms. The minimum absolute atomic E-state index is 0.0862. The smallest absolute Gasteiger partial charge is 0.380 e. The van der Waals surface area contributed by atoms with Crippen LogP contribution in [0.3, 0.4) is 0 Å². The quantitative estimate of drug-likeness (QED) is 0.863. The van der Waals surface area contributed by atoms with Gasteiger partial charge in [0, 0.05) is 37.3 Å². The Labute approximate surface area is 138 Å². The van der Waals surface area contributed by atoms with Crippen molar-refractivity contribution in [3.8, 4) is 0 Å². The van der Waals surface area contributed by atoms with Gasteiger partial charge in [0.25, 0.3) is 0 Å². The summed E-state index contributed by atoms with van der Waals surface area (Å²) in [6.45, 7) is 5.77. The third-order valence-electron chi connectivity index (χ3n) is 4.28. The number of rotatable bonds is 2. The van der Waals surface area contributed by atoms with Crippen molar-refractivity contribution in [3.63, 3.8) is 0 Å². The number of carbonyl (C=O) groups is 1. The van der Waals surface area contributed by atoms with Crippen LogP contribution in [0.1, 0.15) is 44.8 Å². The number of hydrogen-bond acceptors (Lipinski definition) is 3. The monoisotopic (exact) mass is 348 g/mol. The van der Waals surface area contributed by atoms with Crippen LogP contribution >= 0.6 is 0 Å². The average Bonchev–Trinajstić information content (AvgIpc) is 2.68. The highest BCUT2D eigenvalue weighted by atomic mass is 19.4. The topological polar surface area (TPSA) is 70.4 Å². The number of aryl methyl sites for hydroxylation is 1. The van der Waals surface area contributed by atoms with Gasteiger partial charge in [-0.25, -0.2) is 4.79 Å². The molecule has 1 aliphatic heterocycles. The van der Waals surface area contributed by atoms with E-state index >= 15 is 0 Å². The number of nitrogens with one attached hydrogen (secondary N) is 1. The Bertz CT molecular complexity index is 600. The Morgan fingerprint density at radius 1 is 1.38 bits per heavy atom. The molecular weight excluding hydrogens is 325 g/mol. The molecule has 0 aromatic carbocycles. The summed E-state index contributed by atoms with van der Waals surface area (Å²) in [4.78, 5) is 13.6. The van der Waals surface area contributed by atoms with Gasteiger partial charge in [-0.2, -0.15) is 18.3 Å². The summed E-state index contributed by atoms with van der Waals surface area (Å²) in [6, 6.07) is 1.34. The third-order valence-corrected chi connectivity index (χ3v) is 4.28. The molecule has 1 saturated heterocycles. The molecule has 6 nitrogen and oxygen atoms in total. The van der Waals surface area contributed by atoms with Crippen LogP contribution in [0, 0.1) is 6.92 Å². The van der Waals surface area contributed by atoms with Crippen LogP contribution in [-0.2, 0) is 0 Å². The van der Waals surface area contributed by atoms with Gasteiger partial charge in [-0.1, -0.05) is 0 Å². The van der Waals surface area contributed by atoms with Gasteiger partial charge >= 0.3 is 12.2 Å². The van der Waals surface area contributed by atoms with E-state index in [1.165, 1.54) is 4.90 Å². The summed E-state index contributed by atoms with van der Waals surface area (Å²) in [6.07, 6.45) is -5.53. The Kier molecular flexibility index (Phi) is 5.12. The minimum atomic E-state index is -4.69. The number of nitrogens with zero attached hydrogens (tertiary/aromatic N) is 3. The summed E-state index contributed by atoms with van der Waals surface area (Å²) >= 11 is 0. The molecule has 2 amide bonds. The molecule has 0 aliphatic carbocycles. The molecule has 2 heterocycles. The first-order valence-electron chi connectivity index (χ1n) is 7.95. The van der Waals surface area contributed by atoms with E-state index in [2.05, 4.69) is 10.4 Å². The van der Waals surface area contributed by atoms with E-state index in [9.17, 15) is 23.1 Å². The van der Waals surface area contributed by atoms with E-state index in [1.807, 2.05) is 20.8 Å². The first kappa shape index (κ1) is 18.6. The second kappa shape index (κ2) is 6.62. The standard InChI is InChI=1S/C15H23F3N4O2/c1-10(2)22-11(3)9-12(20-22)19-13(23)21-7-4-5-14(24,6-8-21)15(16,17)18/h9-10,24H,4-8H2,1-3H3,(H,19,20,23). The van der Waals surface area contributed by atoms with Crippen LogP contribution in [0.4, 0.5) is 23.8 Å². The van der Waals surface area contributed by atoms with Crippen molar-refractivity contribution >= 4 is 11.8 Å². The van der Waals surface area contributed by atoms with Crippen molar-refractivity contribution in [2.24, 2.45) is 0 Å². The van der Waals surface area contributed by atoms with Crippen LogP contribution in [0.25, 0.3) is 0 Å². The van der Waals surface area contributed by atoms with E-state index in [0.29, 0.717) is 5.82 Å². The lowest BCUT2D eigenvalue weighted by Gasteiger charge is -2.29. The Balaban J connectivity index is 2.02. The fourth-order valence-corrected chi connectivity index (χ4v) is 2.87. The zero-order valence-corrected chi connectivity index (χ0v) is 14.0. The van der Waals surface area contributed by atoms with Gasteiger partial charge in [0.15, 0.2) is 11.4 Å². The molecular formula is C15H23F3N4O2. The van der Waals surface area contributed by atoms with Gasteiger partial charge in [-0.15, -0.1) is 0 Å². The number of likely N-dealkylation sites (tertiary alicyclic amines) is 1. The van der Waals surface area contributed by atoms with Gasteiger partial charge < -0.3 is 10.0 Å². The Morgan fingerprint density at radius 2 is 2.04 bits per heavy atom. The van der Waals surface area contributed by atoms with E-state index in [4.69, 9.17) is 0 Å². The van der Waals surface area contributed by atoms with Crippen molar-refractivity contribution in [3.05, 3.63) is 11.8 Å². The molecule has 136 valence electrons. The first-order chi connectivity index (χ1) is 11.0. The molecule has 0 saturated carbocycles. The number of aliphatic hydroxyl groups is 1. The molecule has 1 unspecified atom stereocenters. The van der Waals surface area contributed by atoms with Crippen molar-refractivity contribution in [1.82, 2.24) is 14.7 Å². The van der Waals surface area contributed by atoms with Crippen molar-refractivity contribution in [2.75, 3.05) is 18.4 Å². The zero-order chi connectivity index (χ0) is 18.1. The van der Waals surface area contributed by atoms with Gasteiger partial charge in [-0.05, 0) is 33.6 Å². The lowest BCUT2D eigenvalue weighted by atomic mass is 9.94. The number of halogens is 3. The van der Waals surface area contributed by atoms with Crippen LogP contribution in [0.15, 0.2) is 6.07 Å². The van der Waals surface area contributed by atoms with Crippen LogP contribution in [0.2, 0.25) is 0 Å². The normalized spacial score (nSPS) is 22.6. The van der Waals surface area contributed by atoms with Crippen molar-refractivity contribution in [1.29, 1.82) is 0 Å². The van der Waals surface area contributed by atoms with Gasteiger partial charge in [0.1, 0.15) is 0 Å². The van der Waals surface area contributed by atoms with Gasteiger partial charge in [-0.3, -0.25) is 10.00 Å². The number of amides is 2. The maximum absolute atomic E-state index is 12.9. The lowest BCUT2D eigenvalue weighted by molar-refractivity contribution is -0.263. The summed E-state index contributed by atoms with van der Waals surface area (Å²) in [5.74, 6) is 0.363. The summed E-state index contributed by atoms with van der Waals surface area (Å²) in [5, 5.41) is 16.7. The average molecular weight is 348 g/mol. The first-order valence-corrected chi connectivity index (χ1v) is 7.95. The SMILES string of the molecule is Cc1cc(NC(=O)N2CCCC(O)(C(F)(F)F)CC2)nn1C(C)C. The lowest BCUT2D eigenvalue weighted by Crippen LogP contribution is -2.46. The fourth-order valence-electron chi connectivity index (χ4n) is 2.87. The van der Waals surface area contributed by atoms with E-state index in [1.54, 1.807) is 10.7 Å². The molecule has 1 aliphatic rings. The van der Waals surface area contributed by atoms with Crippen molar-refractivity contribution < 1.29 is 23.1 Å². The third kappa shape index (κ3) is 3.82. The number of aromatic nitrogens is 2. The van der Waals surface area contributed by atoms with Crippen LogP contribution in [0.5, 0.6) is 0 Å². The number of anilines is 1. The second-order valence-electron chi connectivity index (χ2n) is 6.51. The molecule has 24 heavy (non-hydrogen) atoms. The molecule has 1 fully saturated rings. The number of hydrogen-bond donors (Lipinski definition) is 2. The van der Waals surface area contributed by atoms with E-state index in [0.717, 1.165) is 5.69 Å². The molecule has 9 heteroatoms. The van der Waals surface area contributed by atoms with Gasteiger partial charge in [0.05, 0.1) is 0 Å². The molecule has 2 rings (SSSR count). The van der Waals surface area contributed by atoms with Crippen LogP contribution in [-0.4, -0.2) is 50.7 Å². The number of alkyl halides is 3. The van der Waals surface area contributed by atoms with Crippen molar-refractivity contribution in [2.45, 2.75) is 57.9 Å². The highest BCUT2D eigenvalue weighted by molar-refractivity contribution is 5.88. The molecule has 1 aromatic heterocycles. The molecule has 0 spiro atoms. The zero-order valence-electron chi connectivity index (χ0n) is 14.0.